The Labute approximate surface area is 210 Å². The third-order valence-corrected chi connectivity index (χ3v) is 7.39. The van der Waals surface area contributed by atoms with E-state index < -0.39 is 56.0 Å². The molecule has 4 rings (SSSR count). The number of anilines is 1. The smallest absolute Gasteiger partial charge is 0.459 e. The fraction of sp³-hybridized carbons (Fsp3) is 0.429. The molecule has 1 aliphatic heterocycles. The van der Waals surface area contributed by atoms with E-state index in [1.165, 1.54) is 44.0 Å². The lowest BCUT2D eigenvalue weighted by Crippen LogP contribution is -2.44. The third kappa shape index (κ3) is 5.37. The highest BCUT2D eigenvalue weighted by atomic mass is 31.2. The average Bonchev–Trinajstić information content (AvgIpc) is 3.36. The molecule has 1 aliphatic rings. The number of nitrogens with one attached hydrogen (secondary N) is 2. The zero-order valence-corrected chi connectivity index (χ0v) is 21.0. The number of ether oxygens (including phenoxy) is 2. The van der Waals surface area contributed by atoms with Crippen molar-refractivity contribution in [3.63, 3.8) is 0 Å². The molecule has 0 amide bonds. The minimum Gasteiger partial charge on any atom is -0.468 e. The summed E-state index contributed by atoms with van der Waals surface area (Å²) in [5.41, 5.74) is 3.09. The van der Waals surface area contributed by atoms with Crippen LogP contribution in [0.1, 0.15) is 20.1 Å². The minimum absolute atomic E-state index is 0.0203. The first-order chi connectivity index (χ1) is 17.4. The first kappa shape index (κ1) is 26.7. The number of nitrogen functional groups attached to an aromatic ring is 1. The van der Waals surface area contributed by atoms with Gasteiger partial charge in [-0.3, -0.25) is 23.7 Å². The Hall–Kier alpha value is -3.33. The van der Waals surface area contributed by atoms with E-state index in [0.717, 1.165) is 0 Å². The van der Waals surface area contributed by atoms with E-state index in [0.29, 0.717) is 0 Å². The number of aliphatic hydroxyl groups is 2. The van der Waals surface area contributed by atoms with Crippen molar-refractivity contribution in [2.45, 2.75) is 43.9 Å². The first-order valence-electron chi connectivity index (χ1n) is 11.1. The fourth-order valence-corrected chi connectivity index (χ4v) is 5.34. The molecule has 0 saturated carbocycles. The molecule has 200 valence electrons. The van der Waals surface area contributed by atoms with Gasteiger partial charge in [0.2, 0.25) is 5.95 Å². The predicted molar refractivity (Wildman–Crippen MR) is 128 cm³/mol. The van der Waals surface area contributed by atoms with Crippen LogP contribution >= 0.6 is 7.75 Å². The number of methoxy groups -OCH3 is 1. The number of nitrogens with two attached hydrogens (primary N) is 1. The second-order valence-electron chi connectivity index (χ2n) is 8.54. The van der Waals surface area contributed by atoms with Gasteiger partial charge in [0.15, 0.2) is 17.4 Å². The Balaban J connectivity index is 1.57. The summed E-state index contributed by atoms with van der Waals surface area (Å²) >= 11 is 0. The number of nitrogens with zero attached hydrogens (tertiary/aromatic N) is 3. The van der Waals surface area contributed by atoms with Crippen molar-refractivity contribution in [2.75, 3.05) is 19.5 Å². The molecule has 6 N–H and O–H groups in total. The molecule has 0 bridgehead atoms. The quantitative estimate of drug-likeness (QED) is 0.180. The van der Waals surface area contributed by atoms with E-state index in [1.807, 2.05) is 0 Å². The second-order valence-corrected chi connectivity index (χ2v) is 10.2. The maximum Gasteiger partial charge on any atom is 0.459 e. The van der Waals surface area contributed by atoms with E-state index in [-0.39, 0.29) is 22.9 Å². The number of benzene rings is 1. The second kappa shape index (κ2) is 10.2. The molecular weight excluding hydrogens is 511 g/mol. The number of aliphatic hydroxyl groups excluding tert-OH is 1. The lowest BCUT2D eigenvalue weighted by atomic mass is 9.96. The summed E-state index contributed by atoms with van der Waals surface area (Å²) in [5.74, 6) is -0.705. The van der Waals surface area contributed by atoms with Crippen molar-refractivity contribution >= 4 is 30.8 Å². The number of carbonyl (C=O) groups excluding carboxylic acids is 1. The summed E-state index contributed by atoms with van der Waals surface area (Å²) in [4.78, 5) is 34.4. The van der Waals surface area contributed by atoms with Crippen LogP contribution in [-0.2, 0) is 23.4 Å². The van der Waals surface area contributed by atoms with Gasteiger partial charge in [-0.2, -0.15) is 10.1 Å². The van der Waals surface area contributed by atoms with Gasteiger partial charge in [-0.1, -0.05) is 18.2 Å². The Bertz CT molecular complexity index is 1380. The van der Waals surface area contributed by atoms with E-state index in [2.05, 4.69) is 24.8 Å². The van der Waals surface area contributed by atoms with Gasteiger partial charge in [0.05, 0.1) is 20.0 Å². The molecule has 37 heavy (non-hydrogen) atoms. The standard InChI is InChI=1S/C21H27N6O9P/c1-11(18(30)33-3)26-37(32,36-12-7-5-4-6-8-12)34-9-13-15(28)21(2,31)19(35-13)27-10-23-14-16(27)24-20(22)25-17(14)29/h4-8,10-11,13,15,19,28,31H,9H2,1-3H3,(H,26,32)(H3,22,24,25,29)/t11-,13-,15-,19-,21-,37?/m1/s1. The molecule has 1 saturated heterocycles. The van der Waals surface area contributed by atoms with Crippen LogP contribution in [0.25, 0.3) is 11.2 Å². The van der Waals surface area contributed by atoms with Crippen LogP contribution in [0.4, 0.5) is 5.95 Å². The van der Waals surface area contributed by atoms with Gasteiger partial charge in [-0.15, -0.1) is 0 Å². The number of H-pyrrole nitrogens is 1. The molecular formula is C21H27N6O9P. The number of esters is 1. The minimum atomic E-state index is -4.23. The SMILES string of the molecule is COC(=O)[C@@H](C)NP(=O)(OC[C@H]1O[C@@H](n2cnc3c(=O)[nH]c(N)nc32)[C@](C)(O)[C@@H]1O)Oc1ccccc1. The molecule has 1 fully saturated rings. The first-order valence-corrected chi connectivity index (χ1v) is 12.6. The Morgan fingerprint density at radius 1 is 1.41 bits per heavy atom. The van der Waals surface area contributed by atoms with Crippen LogP contribution in [0.3, 0.4) is 0 Å². The van der Waals surface area contributed by atoms with Crippen LogP contribution in [0.2, 0.25) is 0 Å². The molecule has 6 atom stereocenters. The molecule has 0 spiro atoms. The maximum absolute atomic E-state index is 13.6. The molecule has 0 aliphatic carbocycles. The van der Waals surface area contributed by atoms with Crippen LogP contribution < -0.4 is 20.9 Å². The van der Waals surface area contributed by atoms with Gasteiger partial charge in [0, 0.05) is 0 Å². The summed E-state index contributed by atoms with van der Waals surface area (Å²) in [6, 6.07) is 7.02. The van der Waals surface area contributed by atoms with E-state index in [4.69, 9.17) is 19.5 Å². The zero-order chi connectivity index (χ0) is 27.0. The van der Waals surface area contributed by atoms with Gasteiger partial charge in [-0.05, 0) is 26.0 Å². The number of aromatic amines is 1. The fourth-order valence-electron chi connectivity index (χ4n) is 3.84. The van der Waals surface area contributed by atoms with Gasteiger partial charge in [0.25, 0.3) is 5.56 Å². The number of para-hydroxylation sites is 1. The molecule has 1 aromatic carbocycles. The van der Waals surface area contributed by atoms with E-state index in [1.54, 1.807) is 18.2 Å². The topological polar surface area (TPSA) is 213 Å². The summed E-state index contributed by atoms with van der Waals surface area (Å²) in [5, 5.41) is 24.4. The molecule has 3 heterocycles. The predicted octanol–water partition coefficient (Wildman–Crippen LogP) is 0.0659. The van der Waals surface area contributed by atoms with Gasteiger partial charge >= 0.3 is 13.7 Å². The van der Waals surface area contributed by atoms with Crippen molar-refractivity contribution in [2.24, 2.45) is 0 Å². The molecule has 2 aromatic heterocycles. The summed E-state index contributed by atoms with van der Waals surface area (Å²) in [7, 11) is -3.06. The molecule has 16 heteroatoms. The Morgan fingerprint density at radius 2 is 2.11 bits per heavy atom. The van der Waals surface area contributed by atoms with E-state index >= 15 is 0 Å². The third-order valence-electron chi connectivity index (χ3n) is 5.74. The van der Waals surface area contributed by atoms with Crippen molar-refractivity contribution in [3.05, 3.63) is 47.0 Å². The van der Waals surface area contributed by atoms with Crippen molar-refractivity contribution in [1.29, 1.82) is 0 Å². The van der Waals surface area contributed by atoms with E-state index in [9.17, 15) is 24.4 Å². The Morgan fingerprint density at radius 3 is 2.78 bits per heavy atom. The normalized spacial score (nSPS) is 26.0. The number of rotatable bonds is 9. The summed E-state index contributed by atoms with van der Waals surface area (Å²) < 4.78 is 36.4. The van der Waals surface area contributed by atoms with Crippen LogP contribution in [0.15, 0.2) is 41.5 Å². The molecule has 1 unspecified atom stereocenters. The van der Waals surface area contributed by atoms with Gasteiger partial charge in [0.1, 0.15) is 29.6 Å². The van der Waals surface area contributed by atoms with Crippen LogP contribution in [-0.4, -0.2) is 73.3 Å². The van der Waals surface area contributed by atoms with Crippen LogP contribution in [0, 0.1) is 0 Å². The number of fused-ring (bicyclic) bond motifs is 1. The van der Waals surface area contributed by atoms with Gasteiger partial charge < -0.3 is 29.9 Å². The van der Waals surface area contributed by atoms with Crippen molar-refractivity contribution < 1.29 is 38.1 Å². The number of imidazole rings is 1. The number of hydrogen-bond donors (Lipinski definition) is 5. The number of carbonyl (C=O) groups is 1. The van der Waals surface area contributed by atoms with Crippen LogP contribution in [0.5, 0.6) is 5.75 Å². The van der Waals surface area contributed by atoms with Gasteiger partial charge in [-0.25, -0.2) is 9.55 Å². The lowest BCUT2D eigenvalue weighted by Gasteiger charge is -2.27. The highest BCUT2D eigenvalue weighted by Gasteiger charge is 2.54. The highest BCUT2D eigenvalue weighted by molar-refractivity contribution is 7.52. The molecule has 15 nitrogen and oxygen atoms in total. The Kier molecular flexibility index (Phi) is 7.37. The zero-order valence-electron chi connectivity index (χ0n) is 20.1. The molecule has 0 radical (unpaired) electrons. The average molecular weight is 538 g/mol. The molecule has 3 aromatic rings. The lowest BCUT2D eigenvalue weighted by molar-refractivity contribution is -0.142. The highest BCUT2D eigenvalue weighted by Crippen LogP contribution is 2.47. The number of hydrogen-bond acceptors (Lipinski definition) is 12. The maximum atomic E-state index is 13.6. The monoisotopic (exact) mass is 538 g/mol. The summed E-state index contributed by atoms with van der Waals surface area (Å²) in [6.07, 6.45) is -2.83. The van der Waals surface area contributed by atoms with Crippen molar-refractivity contribution in [3.8, 4) is 5.75 Å². The van der Waals surface area contributed by atoms with Crippen molar-refractivity contribution in [1.82, 2.24) is 24.6 Å². The largest absolute Gasteiger partial charge is 0.468 e. The number of aromatic nitrogens is 4. The summed E-state index contributed by atoms with van der Waals surface area (Å²) in [6.45, 7) is 2.19.